The molecule has 0 fully saturated rings. The van der Waals surface area contributed by atoms with E-state index in [1.807, 2.05) is 13.0 Å². The summed E-state index contributed by atoms with van der Waals surface area (Å²) in [5.41, 5.74) is 0.964. The number of carbonyl (C=O) groups excluding carboxylic acids is 1. The quantitative estimate of drug-likeness (QED) is 0.762. The highest BCUT2D eigenvalue weighted by Crippen LogP contribution is 2.31. The van der Waals surface area contributed by atoms with Crippen LogP contribution in [0.15, 0.2) is 18.2 Å². The van der Waals surface area contributed by atoms with Crippen molar-refractivity contribution in [2.24, 2.45) is 0 Å². The Bertz CT molecular complexity index is 403. The molecule has 1 aromatic rings. The summed E-state index contributed by atoms with van der Waals surface area (Å²) in [6, 6.07) is 5.36. The molecule has 0 saturated carbocycles. The molecule has 16 heavy (non-hydrogen) atoms. The lowest BCUT2D eigenvalue weighted by atomic mass is 10.1. The van der Waals surface area contributed by atoms with Gasteiger partial charge in [0.05, 0.1) is 6.61 Å². The highest BCUT2D eigenvalue weighted by atomic mass is 35.5. The molecule has 0 N–H and O–H groups in total. The number of fused-ring (bicyclic) bond motifs is 1. The standard InChI is InChI=1S/C12H13ClO3/c1-2-5-15-12(14)11-7-8-6-9(13)3-4-10(8)16-11/h3-4,6,11H,2,5,7H2,1H3. The summed E-state index contributed by atoms with van der Waals surface area (Å²) < 4.78 is 10.5. The minimum absolute atomic E-state index is 0.297. The maximum Gasteiger partial charge on any atom is 0.347 e. The smallest absolute Gasteiger partial charge is 0.347 e. The molecule has 0 amide bonds. The molecule has 1 heterocycles. The number of rotatable bonds is 3. The highest BCUT2D eigenvalue weighted by molar-refractivity contribution is 6.30. The van der Waals surface area contributed by atoms with Crippen LogP contribution in [0.1, 0.15) is 18.9 Å². The van der Waals surface area contributed by atoms with E-state index in [9.17, 15) is 4.79 Å². The summed E-state index contributed by atoms with van der Waals surface area (Å²) in [4.78, 5) is 11.6. The van der Waals surface area contributed by atoms with Crippen molar-refractivity contribution in [2.75, 3.05) is 6.61 Å². The largest absolute Gasteiger partial charge is 0.478 e. The van der Waals surface area contributed by atoms with Gasteiger partial charge in [-0.2, -0.15) is 0 Å². The van der Waals surface area contributed by atoms with Crippen LogP contribution < -0.4 is 4.74 Å². The molecule has 2 rings (SSSR count). The maximum absolute atomic E-state index is 11.6. The fourth-order valence-electron chi connectivity index (χ4n) is 1.64. The van der Waals surface area contributed by atoms with Gasteiger partial charge in [0.1, 0.15) is 5.75 Å². The maximum atomic E-state index is 11.6. The van der Waals surface area contributed by atoms with Crippen LogP contribution in [-0.2, 0) is 16.0 Å². The molecular weight excluding hydrogens is 228 g/mol. The SMILES string of the molecule is CCCOC(=O)C1Cc2cc(Cl)ccc2O1. The molecule has 0 saturated heterocycles. The van der Waals surface area contributed by atoms with Crippen molar-refractivity contribution in [3.8, 4) is 5.75 Å². The van der Waals surface area contributed by atoms with E-state index in [0.29, 0.717) is 18.1 Å². The Morgan fingerprint density at radius 3 is 3.19 bits per heavy atom. The number of hydrogen-bond donors (Lipinski definition) is 0. The third kappa shape index (κ3) is 2.30. The van der Waals surface area contributed by atoms with Crippen LogP contribution in [0, 0.1) is 0 Å². The molecule has 0 aromatic heterocycles. The monoisotopic (exact) mass is 240 g/mol. The van der Waals surface area contributed by atoms with Gasteiger partial charge >= 0.3 is 5.97 Å². The molecule has 1 unspecified atom stereocenters. The van der Waals surface area contributed by atoms with Crippen LogP contribution in [0.4, 0.5) is 0 Å². The van der Waals surface area contributed by atoms with Crippen molar-refractivity contribution in [1.29, 1.82) is 0 Å². The zero-order valence-corrected chi connectivity index (χ0v) is 9.79. The topological polar surface area (TPSA) is 35.5 Å². The van der Waals surface area contributed by atoms with E-state index >= 15 is 0 Å². The van der Waals surface area contributed by atoms with Gasteiger partial charge in [-0.3, -0.25) is 0 Å². The summed E-state index contributed by atoms with van der Waals surface area (Å²) in [7, 11) is 0. The summed E-state index contributed by atoms with van der Waals surface area (Å²) in [5, 5.41) is 0.657. The second-order valence-corrected chi connectivity index (χ2v) is 4.17. The van der Waals surface area contributed by atoms with E-state index in [1.165, 1.54) is 0 Å². The van der Waals surface area contributed by atoms with Gasteiger partial charge in [0.15, 0.2) is 6.10 Å². The average Bonchev–Trinajstić information content (AvgIpc) is 2.68. The van der Waals surface area contributed by atoms with Crippen LogP contribution >= 0.6 is 11.6 Å². The second kappa shape index (κ2) is 4.74. The van der Waals surface area contributed by atoms with Crippen LogP contribution in [0.25, 0.3) is 0 Å². The van der Waals surface area contributed by atoms with E-state index in [2.05, 4.69) is 0 Å². The van der Waals surface area contributed by atoms with E-state index in [1.54, 1.807) is 12.1 Å². The first-order valence-corrected chi connectivity index (χ1v) is 5.70. The lowest BCUT2D eigenvalue weighted by Gasteiger charge is -2.09. The summed E-state index contributed by atoms with van der Waals surface area (Å²) in [5.74, 6) is 0.428. The Morgan fingerprint density at radius 2 is 2.44 bits per heavy atom. The molecule has 0 spiro atoms. The Hall–Kier alpha value is -1.22. The molecular formula is C12H13ClO3. The molecule has 1 atom stereocenters. The first-order valence-electron chi connectivity index (χ1n) is 5.32. The van der Waals surface area contributed by atoms with Crippen molar-refractivity contribution >= 4 is 17.6 Å². The average molecular weight is 241 g/mol. The second-order valence-electron chi connectivity index (χ2n) is 3.73. The first kappa shape index (κ1) is 11.3. The highest BCUT2D eigenvalue weighted by Gasteiger charge is 2.30. The van der Waals surface area contributed by atoms with E-state index in [4.69, 9.17) is 21.1 Å². The number of halogens is 1. The minimum Gasteiger partial charge on any atom is -0.478 e. The zero-order valence-electron chi connectivity index (χ0n) is 9.03. The van der Waals surface area contributed by atoms with Crippen LogP contribution in [0.2, 0.25) is 5.02 Å². The first-order chi connectivity index (χ1) is 7.70. The van der Waals surface area contributed by atoms with Crippen molar-refractivity contribution in [3.05, 3.63) is 28.8 Å². The van der Waals surface area contributed by atoms with Crippen molar-refractivity contribution in [1.82, 2.24) is 0 Å². The third-order valence-electron chi connectivity index (χ3n) is 2.41. The van der Waals surface area contributed by atoms with Crippen LogP contribution in [0.3, 0.4) is 0 Å². The molecule has 4 heteroatoms. The fourth-order valence-corrected chi connectivity index (χ4v) is 1.84. The van der Waals surface area contributed by atoms with Gasteiger partial charge < -0.3 is 9.47 Å². The van der Waals surface area contributed by atoms with Crippen molar-refractivity contribution in [3.63, 3.8) is 0 Å². The molecule has 0 bridgehead atoms. The summed E-state index contributed by atoms with van der Waals surface area (Å²) in [6.45, 7) is 2.40. The van der Waals surface area contributed by atoms with Gasteiger partial charge in [0.2, 0.25) is 0 Å². The normalized spacial score (nSPS) is 17.8. The molecule has 3 nitrogen and oxygen atoms in total. The van der Waals surface area contributed by atoms with Crippen molar-refractivity contribution in [2.45, 2.75) is 25.9 Å². The Labute approximate surface area is 99.3 Å². The molecule has 1 aliphatic heterocycles. The lowest BCUT2D eigenvalue weighted by Crippen LogP contribution is -2.27. The van der Waals surface area contributed by atoms with Gasteiger partial charge in [0.25, 0.3) is 0 Å². The van der Waals surface area contributed by atoms with Gasteiger partial charge in [-0.15, -0.1) is 0 Å². The number of esters is 1. The predicted molar refractivity (Wildman–Crippen MR) is 60.8 cm³/mol. The van der Waals surface area contributed by atoms with Crippen LogP contribution in [-0.4, -0.2) is 18.7 Å². The fraction of sp³-hybridized carbons (Fsp3) is 0.417. The molecule has 1 aromatic carbocycles. The number of hydrogen-bond acceptors (Lipinski definition) is 3. The third-order valence-corrected chi connectivity index (χ3v) is 2.64. The Kier molecular flexibility index (Phi) is 3.34. The Balaban J connectivity index is 2.02. The molecule has 0 aliphatic carbocycles. The summed E-state index contributed by atoms with van der Waals surface area (Å²) >= 11 is 5.86. The van der Waals surface area contributed by atoms with Crippen LogP contribution in [0.5, 0.6) is 5.75 Å². The van der Waals surface area contributed by atoms with Gasteiger partial charge in [0, 0.05) is 11.4 Å². The van der Waals surface area contributed by atoms with Gasteiger partial charge in [-0.1, -0.05) is 18.5 Å². The predicted octanol–water partition coefficient (Wildman–Crippen LogP) is 2.60. The number of ether oxygens (including phenoxy) is 2. The number of carbonyl (C=O) groups is 1. The minimum atomic E-state index is -0.514. The van der Waals surface area contributed by atoms with E-state index < -0.39 is 6.10 Å². The van der Waals surface area contributed by atoms with E-state index in [0.717, 1.165) is 17.7 Å². The van der Waals surface area contributed by atoms with Gasteiger partial charge in [-0.05, 0) is 30.2 Å². The Morgan fingerprint density at radius 1 is 1.62 bits per heavy atom. The molecule has 86 valence electrons. The molecule has 0 radical (unpaired) electrons. The lowest BCUT2D eigenvalue weighted by molar-refractivity contribution is -0.151. The van der Waals surface area contributed by atoms with Gasteiger partial charge in [-0.25, -0.2) is 4.79 Å². The van der Waals surface area contributed by atoms with E-state index in [-0.39, 0.29) is 5.97 Å². The molecule has 1 aliphatic rings. The zero-order chi connectivity index (χ0) is 11.5. The summed E-state index contributed by atoms with van der Waals surface area (Å²) in [6.07, 6.45) is 0.843. The van der Waals surface area contributed by atoms with Crippen molar-refractivity contribution < 1.29 is 14.3 Å². The number of benzene rings is 1.